The molecule has 1 N–H and O–H groups in total. The highest BCUT2D eigenvalue weighted by Gasteiger charge is 2.23. The summed E-state index contributed by atoms with van der Waals surface area (Å²) in [5.41, 5.74) is 1.09. The van der Waals surface area contributed by atoms with E-state index in [2.05, 4.69) is 10.2 Å². The summed E-state index contributed by atoms with van der Waals surface area (Å²) >= 11 is 1.79. The molecule has 2 heterocycles. The van der Waals surface area contributed by atoms with Gasteiger partial charge in [-0.2, -0.15) is 0 Å². The normalized spacial score (nSPS) is 19.9. The van der Waals surface area contributed by atoms with Crippen LogP contribution < -0.4 is 10.2 Å². The molecule has 0 atom stereocenters. The van der Waals surface area contributed by atoms with Crippen LogP contribution in [0.15, 0.2) is 0 Å². The second kappa shape index (κ2) is 6.17. The largest absolute Gasteiger partial charge is 0.378 e. The molecule has 5 nitrogen and oxygen atoms in total. The number of nitrogens with zero attached hydrogens (tertiary/aromatic N) is 2. The van der Waals surface area contributed by atoms with Crippen LogP contribution in [-0.4, -0.2) is 44.4 Å². The second-order valence-electron chi connectivity index (χ2n) is 5.05. The third kappa shape index (κ3) is 3.45. The van der Waals surface area contributed by atoms with Gasteiger partial charge in [-0.25, -0.2) is 4.98 Å². The predicted octanol–water partition coefficient (Wildman–Crippen LogP) is 1.38. The molecule has 0 amide bonds. The minimum Gasteiger partial charge on any atom is -0.378 e. The fraction of sp³-hybridized carbons (Fsp3) is 0.769. The molecule has 1 saturated carbocycles. The van der Waals surface area contributed by atoms with Crippen molar-refractivity contribution in [3.63, 3.8) is 0 Å². The topological polar surface area (TPSA) is 46.6 Å². The smallest absolute Gasteiger partial charge is 0.186 e. The maximum Gasteiger partial charge on any atom is 0.186 e. The summed E-state index contributed by atoms with van der Waals surface area (Å²) in [4.78, 5) is 8.37. The summed E-state index contributed by atoms with van der Waals surface area (Å²) in [6, 6.07) is 0.726. The van der Waals surface area contributed by atoms with Crippen LogP contribution in [0, 0.1) is 0 Å². The van der Waals surface area contributed by atoms with Gasteiger partial charge in [0.15, 0.2) is 5.13 Å². The SMILES string of the molecule is COCc1nc(N2CCOCC2)sc1CNC1CC1. The van der Waals surface area contributed by atoms with Crippen LogP contribution in [0.2, 0.25) is 0 Å². The molecule has 1 aromatic heterocycles. The molecule has 0 bridgehead atoms. The first-order valence-electron chi connectivity index (χ1n) is 6.90. The number of hydrogen-bond acceptors (Lipinski definition) is 6. The Labute approximate surface area is 117 Å². The summed E-state index contributed by atoms with van der Waals surface area (Å²) < 4.78 is 10.7. The van der Waals surface area contributed by atoms with Crippen molar-refractivity contribution in [2.24, 2.45) is 0 Å². The number of anilines is 1. The van der Waals surface area contributed by atoms with Crippen molar-refractivity contribution < 1.29 is 9.47 Å². The molecule has 1 saturated heterocycles. The zero-order valence-corrected chi connectivity index (χ0v) is 12.2. The van der Waals surface area contributed by atoms with Crippen molar-refractivity contribution in [1.29, 1.82) is 0 Å². The van der Waals surface area contributed by atoms with Gasteiger partial charge in [0.2, 0.25) is 0 Å². The van der Waals surface area contributed by atoms with E-state index < -0.39 is 0 Å². The van der Waals surface area contributed by atoms with Gasteiger partial charge >= 0.3 is 0 Å². The van der Waals surface area contributed by atoms with Gasteiger partial charge in [0.1, 0.15) is 0 Å². The predicted molar refractivity (Wildman–Crippen MR) is 75.7 cm³/mol. The number of morpholine rings is 1. The van der Waals surface area contributed by atoms with Gasteiger partial charge < -0.3 is 19.7 Å². The molecule has 0 radical (unpaired) electrons. The number of rotatable bonds is 6. The molecule has 2 aliphatic rings. The summed E-state index contributed by atoms with van der Waals surface area (Å²) in [6.45, 7) is 5.00. The van der Waals surface area contributed by atoms with Crippen LogP contribution in [0.25, 0.3) is 0 Å². The Morgan fingerprint density at radius 2 is 2.21 bits per heavy atom. The van der Waals surface area contributed by atoms with Crippen molar-refractivity contribution in [2.75, 3.05) is 38.3 Å². The van der Waals surface area contributed by atoms with Gasteiger partial charge in [0.05, 0.1) is 25.5 Å². The number of thiazole rings is 1. The minimum absolute atomic E-state index is 0.600. The van der Waals surface area contributed by atoms with E-state index in [9.17, 15) is 0 Å². The molecule has 0 unspecified atom stereocenters. The number of aromatic nitrogens is 1. The molecule has 3 rings (SSSR count). The Hall–Kier alpha value is -0.690. The molecular weight excluding hydrogens is 262 g/mol. The molecule has 1 aliphatic heterocycles. The van der Waals surface area contributed by atoms with Gasteiger partial charge in [0.25, 0.3) is 0 Å². The first kappa shape index (κ1) is 13.3. The highest BCUT2D eigenvalue weighted by molar-refractivity contribution is 7.15. The van der Waals surface area contributed by atoms with E-state index in [4.69, 9.17) is 14.5 Å². The van der Waals surface area contributed by atoms with Crippen LogP contribution in [-0.2, 0) is 22.6 Å². The van der Waals surface area contributed by atoms with Crippen LogP contribution in [0.1, 0.15) is 23.4 Å². The van der Waals surface area contributed by atoms with E-state index >= 15 is 0 Å². The third-order valence-corrected chi connectivity index (χ3v) is 4.62. The summed E-state index contributed by atoms with van der Waals surface area (Å²) in [5, 5.41) is 4.67. The van der Waals surface area contributed by atoms with E-state index in [-0.39, 0.29) is 0 Å². The highest BCUT2D eigenvalue weighted by atomic mass is 32.1. The Morgan fingerprint density at radius 1 is 1.42 bits per heavy atom. The van der Waals surface area contributed by atoms with Gasteiger partial charge in [-0.3, -0.25) is 0 Å². The minimum atomic E-state index is 0.600. The zero-order valence-electron chi connectivity index (χ0n) is 11.4. The molecule has 0 spiro atoms. The van der Waals surface area contributed by atoms with E-state index in [0.717, 1.165) is 49.7 Å². The van der Waals surface area contributed by atoms with Gasteiger partial charge in [-0.05, 0) is 12.8 Å². The first-order chi connectivity index (χ1) is 9.36. The van der Waals surface area contributed by atoms with Gasteiger partial charge in [-0.15, -0.1) is 11.3 Å². The van der Waals surface area contributed by atoms with E-state index in [1.54, 1.807) is 18.4 Å². The van der Waals surface area contributed by atoms with Crippen molar-refractivity contribution in [3.8, 4) is 0 Å². The zero-order chi connectivity index (χ0) is 13.1. The van der Waals surface area contributed by atoms with E-state index in [1.165, 1.54) is 17.7 Å². The lowest BCUT2D eigenvalue weighted by atomic mass is 10.3. The van der Waals surface area contributed by atoms with Crippen LogP contribution in [0.5, 0.6) is 0 Å². The average molecular weight is 283 g/mol. The first-order valence-corrected chi connectivity index (χ1v) is 7.72. The second-order valence-corrected chi connectivity index (χ2v) is 6.12. The summed E-state index contributed by atoms with van der Waals surface area (Å²) in [7, 11) is 1.73. The van der Waals surface area contributed by atoms with Crippen LogP contribution >= 0.6 is 11.3 Å². The Kier molecular flexibility index (Phi) is 4.32. The van der Waals surface area contributed by atoms with Gasteiger partial charge in [-0.1, -0.05) is 0 Å². The highest BCUT2D eigenvalue weighted by Crippen LogP contribution is 2.28. The Bertz CT molecular complexity index is 414. The molecule has 19 heavy (non-hydrogen) atoms. The number of hydrogen-bond donors (Lipinski definition) is 1. The van der Waals surface area contributed by atoms with Crippen LogP contribution in [0.3, 0.4) is 0 Å². The molecule has 2 fully saturated rings. The Balaban J connectivity index is 1.70. The molecular formula is C13H21N3O2S. The van der Waals surface area contributed by atoms with E-state index in [0.29, 0.717) is 6.61 Å². The number of methoxy groups -OCH3 is 1. The quantitative estimate of drug-likeness (QED) is 0.854. The van der Waals surface area contributed by atoms with E-state index in [1.807, 2.05) is 0 Å². The monoisotopic (exact) mass is 283 g/mol. The Morgan fingerprint density at radius 3 is 2.89 bits per heavy atom. The number of ether oxygens (including phenoxy) is 2. The maximum absolute atomic E-state index is 5.39. The van der Waals surface area contributed by atoms with Crippen molar-refractivity contribution >= 4 is 16.5 Å². The summed E-state index contributed by atoms with van der Waals surface area (Å²) in [5.74, 6) is 0. The molecule has 1 aromatic rings. The average Bonchev–Trinajstić information content (AvgIpc) is 3.19. The van der Waals surface area contributed by atoms with Crippen molar-refractivity contribution in [3.05, 3.63) is 10.6 Å². The van der Waals surface area contributed by atoms with Crippen molar-refractivity contribution in [2.45, 2.75) is 32.0 Å². The fourth-order valence-electron chi connectivity index (χ4n) is 2.17. The molecule has 106 valence electrons. The summed E-state index contributed by atoms with van der Waals surface area (Å²) in [6.07, 6.45) is 2.63. The number of nitrogens with one attached hydrogen (secondary N) is 1. The molecule has 6 heteroatoms. The fourth-order valence-corrected chi connectivity index (χ4v) is 3.24. The lowest BCUT2D eigenvalue weighted by Crippen LogP contribution is -2.36. The molecule has 1 aliphatic carbocycles. The third-order valence-electron chi connectivity index (χ3n) is 3.46. The van der Waals surface area contributed by atoms with Crippen LogP contribution in [0.4, 0.5) is 5.13 Å². The lowest BCUT2D eigenvalue weighted by Gasteiger charge is -2.26. The lowest BCUT2D eigenvalue weighted by molar-refractivity contribution is 0.122. The maximum atomic E-state index is 5.39. The molecule has 0 aromatic carbocycles. The van der Waals surface area contributed by atoms with Gasteiger partial charge in [0, 0.05) is 37.7 Å². The van der Waals surface area contributed by atoms with Crippen molar-refractivity contribution in [1.82, 2.24) is 10.3 Å². The standard InChI is InChI=1S/C13H21N3O2S/c1-17-9-11-12(8-14-10-2-3-10)19-13(15-11)16-4-6-18-7-5-16/h10,14H,2-9H2,1H3.